The summed E-state index contributed by atoms with van der Waals surface area (Å²) in [5.74, 6) is -0.190. The molecule has 1 aliphatic heterocycles. The SMILES string of the molecule is CCOC(=O)CCN(CC1CCCO1)C(=O)CCc1ccccc1. The van der Waals surface area contributed by atoms with Crippen molar-refractivity contribution < 1.29 is 19.1 Å². The molecule has 24 heavy (non-hydrogen) atoms. The van der Waals surface area contributed by atoms with E-state index in [0.29, 0.717) is 32.5 Å². The molecule has 1 aliphatic rings. The van der Waals surface area contributed by atoms with Crippen molar-refractivity contribution in [1.82, 2.24) is 4.90 Å². The van der Waals surface area contributed by atoms with Gasteiger partial charge in [0.1, 0.15) is 0 Å². The second kappa shape index (κ2) is 10.1. The molecule has 1 saturated heterocycles. The molecule has 1 heterocycles. The molecule has 0 spiro atoms. The first-order valence-electron chi connectivity index (χ1n) is 8.78. The lowest BCUT2D eigenvalue weighted by Gasteiger charge is -2.25. The molecule has 5 nitrogen and oxygen atoms in total. The molecule has 1 unspecified atom stereocenters. The molecule has 132 valence electrons. The monoisotopic (exact) mass is 333 g/mol. The number of aryl methyl sites for hydroxylation is 1. The van der Waals surface area contributed by atoms with E-state index >= 15 is 0 Å². The number of carbonyl (C=O) groups is 2. The highest BCUT2D eigenvalue weighted by Crippen LogP contribution is 2.15. The van der Waals surface area contributed by atoms with Crippen molar-refractivity contribution in [2.45, 2.75) is 45.1 Å². The maximum atomic E-state index is 12.6. The lowest BCUT2D eigenvalue weighted by molar-refractivity contribution is -0.144. The standard InChI is InChI=1S/C19H27NO4/c1-2-23-19(22)12-13-20(15-17-9-6-14-24-17)18(21)11-10-16-7-4-3-5-8-16/h3-5,7-8,17H,2,6,9-15H2,1H3. The van der Waals surface area contributed by atoms with Gasteiger partial charge in [0.15, 0.2) is 0 Å². The summed E-state index contributed by atoms with van der Waals surface area (Å²) < 4.78 is 10.6. The van der Waals surface area contributed by atoms with Crippen molar-refractivity contribution >= 4 is 11.9 Å². The highest BCUT2D eigenvalue weighted by Gasteiger charge is 2.23. The van der Waals surface area contributed by atoms with Gasteiger partial charge in [0, 0.05) is 26.1 Å². The van der Waals surface area contributed by atoms with Crippen molar-refractivity contribution in [2.75, 3.05) is 26.3 Å². The molecule has 0 aromatic heterocycles. The molecule has 0 saturated carbocycles. The Balaban J connectivity index is 1.87. The lowest BCUT2D eigenvalue weighted by atomic mass is 10.1. The number of carbonyl (C=O) groups excluding carboxylic acids is 2. The fourth-order valence-corrected chi connectivity index (χ4v) is 2.87. The number of benzene rings is 1. The molecule has 0 bridgehead atoms. The second-order valence-corrected chi connectivity index (χ2v) is 6.02. The Kier molecular flexibility index (Phi) is 7.75. The van der Waals surface area contributed by atoms with E-state index in [4.69, 9.17) is 9.47 Å². The molecule has 0 radical (unpaired) electrons. The van der Waals surface area contributed by atoms with Gasteiger partial charge in [-0.25, -0.2) is 0 Å². The Morgan fingerprint density at radius 2 is 2.04 bits per heavy atom. The van der Waals surface area contributed by atoms with Crippen molar-refractivity contribution in [3.63, 3.8) is 0 Å². The lowest BCUT2D eigenvalue weighted by Crippen LogP contribution is -2.39. The maximum Gasteiger partial charge on any atom is 0.307 e. The van der Waals surface area contributed by atoms with Crippen LogP contribution in [0.2, 0.25) is 0 Å². The summed E-state index contributed by atoms with van der Waals surface area (Å²) in [6.07, 6.45) is 3.49. The van der Waals surface area contributed by atoms with E-state index < -0.39 is 0 Å². The zero-order valence-electron chi connectivity index (χ0n) is 14.4. The predicted octanol–water partition coefficient (Wildman–Crippen LogP) is 2.58. The molecule has 2 rings (SSSR count). The number of ether oxygens (including phenoxy) is 2. The largest absolute Gasteiger partial charge is 0.466 e. The van der Waals surface area contributed by atoms with E-state index in [1.54, 1.807) is 11.8 Å². The Morgan fingerprint density at radius 1 is 1.25 bits per heavy atom. The van der Waals surface area contributed by atoms with E-state index in [0.717, 1.165) is 25.0 Å². The van der Waals surface area contributed by atoms with Gasteiger partial charge in [-0.05, 0) is 31.7 Å². The van der Waals surface area contributed by atoms with Crippen LogP contribution in [0.15, 0.2) is 30.3 Å². The zero-order chi connectivity index (χ0) is 17.2. The van der Waals surface area contributed by atoms with Gasteiger partial charge in [0.05, 0.1) is 19.1 Å². The van der Waals surface area contributed by atoms with Crippen LogP contribution >= 0.6 is 0 Å². The van der Waals surface area contributed by atoms with Gasteiger partial charge in [-0.1, -0.05) is 30.3 Å². The van der Waals surface area contributed by atoms with Crippen LogP contribution in [0, 0.1) is 0 Å². The quantitative estimate of drug-likeness (QED) is 0.652. The number of esters is 1. The number of hydrogen-bond acceptors (Lipinski definition) is 4. The smallest absolute Gasteiger partial charge is 0.307 e. The first-order valence-corrected chi connectivity index (χ1v) is 8.78. The van der Waals surface area contributed by atoms with Gasteiger partial charge in [0.25, 0.3) is 0 Å². The summed E-state index contributed by atoms with van der Waals surface area (Å²) in [5, 5.41) is 0. The minimum absolute atomic E-state index is 0.0682. The first kappa shape index (κ1) is 18.5. The summed E-state index contributed by atoms with van der Waals surface area (Å²) in [7, 11) is 0. The van der Waals surface area contributed by atoms with Crippen LogP contribution in [0.1, 0.15) is 38.2 Å². The van der Waals surface area contributed by atoms with Crippen LogP contribution < -0.4 is 0 Å². The van der Waals surface area contributed by atoms with Gasteiger partial charge < -0.3 is 14.4 Å². The fourth-order valence-electron chi connectivity index (χ4n) is 2.87. The van der Waals surface area contributed by atoms with Crippen molar-refractivity contribution in [1.29, 1.82) is 0 Å². The van der Waals surface area contributed by atoms with E-state index in [1.807, 2.05) is 30.3 Å². The molecule has 0 aliphatic carbocycles. The number of rotatable bonds is 9. The van der Waals surface area contributed by atoms with E-state index in [2.05, 4.69) is 0 Å². The fraction of sp³-hybridized carbons (Fsp3) is 0.579. The topological polar surface area (TPSA) is 55.8 Å². The average Bonchev–Trinajstić information content (AvgIpc) is 3.11. The molecule has 5 heteroatoms. The second-order valence-electron chi connectivity index (χ2n) is 6.02. The maximum absolute atomic E-state index is 12.6. The van der Waals surface area contributed by atoms with Crippen LogP contribution in [0.3, 0.4) is 0 Å². The molecular weight excluding hydrogens is 306 g/mol. The molecule has 1 aromatic carbocycles. The van der Waals surface area contributed by atoms with Crippen LogP contribution in [-0.2, 0) is 25.5 Å². The van der Waals surface area contributed by atoms with Crippen molar-refractivity contribution in [3.8, 4) is 0 Å². The van der Waals surface area contributed by atoms with E-state index in [1.165, 1.54) is 0 Å². The van der Waals surface area contributed by atoms with Gasteiger partial charge >= 0.3 is 5.97 Å². The van der Waals surface area contributed by atoms with Crippen LogP contribution in [0.4, 0.5) is 0 Å². The highest BCUT2D eigenvalue weighted by molar-refractivity contribution is 5.77. The summed E-state index contributed by atoms with van der Waals surface area (Å²) in [4.78, 5) is 25.9. The minimum atomic E-state index is -0.259. The number of nitrogens with zero attached hydrogens (tertiary/aromatic N) is 1. The van der Waals surface area contributed by atoms with Gasteiger partial charge in [0.2, 0.25) is 5.91 Å². The molecule has 1 fully saturated rings. The van der Waals surface area contributed by atoms with Crippen LogP contribution in [-0.4, -0.2) is 49.2 Å². The summed E-state index contributed by atoms with van der Waals surface area (Å²) in [6.45, 7) is 3.87. The van der Waals surface area contributed by atoms with Crippen molar-refractivity contribution in [3.05, 3.63) is 35.9 Å². The molecule has 0 N–H and O–H groups in total. The Bertz CT molecular complexity index is 511. The van der Waals surface area contributed by atoms with E-state index in [9.17, 15) is 9.59 Å². The average molecular weight is 333 g/mol. The third-order valence-electron chi connectivity index (χ3n) is 4.16. The zero-order valence-corrected chi connectivity index (χ0v) is 14.4. The molecule has 1 aromatic rings. The Morgan fingerprint density at radius 3 is 2.71 bits per heavy atom. The van der Waals surface area contributed by atoms with Crippen molar-refractivity contribution in [2.24, 2.45) is 0 Å². The van der Waals surface area contributed by atoms with Crippen LogP contribution in [0.5, 0.6) is 0 Å². The summed E-state index contributed by atoms with van der Waals surface area (Å²) in [6, 6.07) is 9.97. The third-order valence-corrected chi connectivity index (χ3v) is 4.16. The summed E-state index contributed by atoms with van der Waals surface area (Å²) in [5.41, 5.74) is 1.15. The molecule has 1 atom stereocenters. The first-order chi connectivity index (χ1) is 11.7. The summed E-state index contributed by atoms with van der Waals surface area (Å²) >= 11 is 0. The van der Waals surface area contributed by atoms with Crippen LogP contribution in [0.25, 0.3) is 0 Å². The Labute approximate surface area is 143 Å². The highest BCUT2D eigenvalue weighted by atomic mass is 16.5. The Hall–Kier alpha value is -1.88. The predicted molar refractivity (Wildman–Crippen MR) is 91.6 cm³/mol. The minimum Gasteiger partial charge on any atom is -0.466 e. The van der Waals surface area contributed by atoms with E-state index in [-0.39, 0.29) is 24.4 Å². The van der Waals surface area contributed by atoms with Gasteiger partial charge in [-0.15, -0.1) is 0 Å². The van der Waals surface area contributed by atoms with Gasteiger partial charge in [-0.3, -0.25) is 9.59 Å². The van der Waals surface area contributed by atoms with Gasteiger partial charge in [-0.2, -0.15) is 0 Å². The molecular formula is C19H27NO4. The number of hydrogen-bond donors (Lipinski definition) is 0. The number of amides is 1. The molecule has 1 amide bonds. The normalized spacial score (nSPS) is 16.8. The third kappa shape index (κ3) is 6.32.